The van der Waals surface area contributed by atoms with Gasteiger partial charge in [-0.1, -0.05) is 31.4 Å². The minimum Gasteiger partial charge on any atom is -0.497 e. The third kappa shape index (κ3) is 8.46. The van der Waals surface area contributed by atoms with Crippen molar-refractivity contribution in [2.75, 3.05) is 13.7 Å². The molecular formula is C40H53N5O9S. The molecule has 0 radical (unpaired) electrons. The molecule has 3 heterocycles. The Kier molecular flexibility index (Phi) is 11.1. The van der Waals surface area contributed by atoms with Gasteiger partial charge in [0.25, 0.3) is 5.91 Å². The van der Waals surface area contributed by atoms with Crippen LogP contribution in [0.15, 0.2) is 30.4 Å². The number of fused-ring (bicyclic) bond motifs is 3. The van der Waals surface area contributed by atoms with Gasteiger partial charge in [0.15, 0.2) is 0 Å². The summed E-state index contributed by atoms with van der Waals surface area (Å²) in [5.74, 6) is -2.45. The summed E-state index contributed by atoms with van der Waals surface area (Å²) in [5, 5.41) is 2.92. The van der Waals surface area contributed by atoms with Gasteiger partial charge in [-0.25, -0.2) is 18.4 Å². The van der Waals surface area contributed by atoms with Crippen LogP contribution in [0.5, 0.6) is 11.6 Å². The van der Waals surface area contributed by atoms with Gasteiger partial charge in [-0.2, -0.15) is 0 Å². The Morgan fingerprint density at radius 2 is 1.75 bits per heavy atom. The van der Waals surface area contributed by atoms with E-state index in [0.717, 1.165) is 51.4 Å². The molecule has 14 nitrogen and oxygen atoms in total. The van der Waals surface area contributed by atoms with Crippen molar-refractivity contribution in [2.45, 2.75) is 139 Å². The predicted octanol–water partition coefficient (Wildman–Crippen LogP) is 4.57. The van der Waals surface area contributed by atoms with E-state index in [0.29, 0.717) is 48.2 Å². The Morgan fingerprint density at radius 1 is 1.00 bits per heavy atom. The fourth-order valence-electron chi connectivity index (χ4n) is 8.20. The zero-order valence-electron chi connectivity index (χ0n) is 32.0. The molecule has 298 valence electrons. The molecule has 3 saturated carbocycles. The number of hydrogen-bond donors (Lipinski definition) is 2. The van der Waals surface area contributed by atoms with Gasteiger partial charge in [0.2, 0.25) is 27.7 Å². The molecule has 1 aromatic heterocycles. The highest BCUT2D eigenvalue weighted by atomic mass is 32.2. The molecule has 3 amide bonds. The van der Waals surface area contributed by atoms with Crippen LogP contribution >= 0.6 is 0 Å². The van der Waals surface area contributed by atoms with Gasteiger partial charge in [-0.3, -0.25) is 23.9 Å². The summed E-state index contributed by atoms with van der Waals surface area (Å²) in [7, 11) is -2.42. The van der Waals surface area contributed by atoms with Crippen molar-refractivity contribution in [3.63, 3.8) is 0 Å². The Bertz CT molecular complexity index is 1960. The highest BCUT2D eigenvalue weighted by Crippen LogP contribution is 2.47. The third-order valence-corrected chi connectivity index (χ3v) is 14.3. The number of rotatable bonds is 9. The molecular weight excluding hydrogens is 727 g/mol. The molecule has 5 aliphatic rings. The number of carbonyl (C=O) groups excluding carboxylic acids is 4. The number of amides is 3. The first kappa shape index (κ1) is 39.0. The fraction of sp³-hybridized carbons (Fsp3) is 0.650. The normalized spacial score (nSPS) is 29.1. The summed E-state index contributed by atoms with van der Waals surface area (Å²) in [6, 6.07) is 4.27. The number of methoxy groups -OCH3 is 1. The van der Waals surface area contributed by atoms with Gasteiger partial charge in [0.05, 0.1) is 35.9 Å². The van der Waals surface area contributed by atoms with Gasteiger partial charge in [0.1, 0.15) is 35.2 Å². The van der Waals surface area contributed by atoms with Crippen LogP contribution < -0.4 is 19.5 Å². The Labute approximate surface area is 322 Å². The second-order valence-corrected chi connectivity index (χ2v) is 18.5. The van der Waals surface area contributed by atoms with Crippen molar-refractivity contribution in [3.8, 4) is 11.6 Å². The molecule has 2 aliphatic heterocycles. The van der Waals surface area contributed by atoms with Gasteiger partial charge in [0, 0.05) is 24.3 Å². The number of carbonyl (C=O) groups is 4. The molecule has 1 saturated heterocycles. The lowest BCUT2D eigenvalue weighted by atomic mass is 9.94. The van der Waals surface area contributed by atoms with E-state index >= 15 is 0 Å². The lowest BCUT2D eigenvalue weighted by Gasteiger charge is -2.30. The summed E-state index contributed by atoms with van der Waals surface area (Å²) >= 11 is 0. The van der Waals surface area contributed by atoms with E-state index in [1.165, 1.54) is 4.90 Å². The van der Waals surface area contributed by atoms with E-state index in [1.807, 2.05) is 12.2 Å². The zero-order chi connectivity index (χ0) is 39.0. The van der Waals surface area contributed by atoms with Crippen LogP contribution in [0.2, 0.25) is 0 Å². The predicted molar refractivity (Wildman–Crippen MR) is 202 cm³/mol. The van der Waals surface area contributed by atoms with E-state index in [1.54, 1.807) is 39.2 Å². The quantitative estimate of drug-likeness (QED) is 0.269. The number of esters is 1. The molecule has 0 spiro atoms. The summed E-state index contributed by atoms with van der Waals surface area (Å²) in [5.41, 5.74) is 0.225. The highest BCUT2D eigenvalue weighted by Gasteiger charge is 2.63. The van der Waals surface area contributed by atoms with Crippen LogP contribution in [-0.2, 0) is 33.9 Å². The standard InChI is InChI=1S/C40H53N5O9S/c1-25-36(42-32-21-29(52-3)16-17-31(32)41-25)54-30-22-33-35(47)43-40(38(49)44-55(50,51)39(2)18-19-39)23-27(40)13-9-6-4-5-8-12-26(37(48)45(33)24-30)20-34(46)53-28-14-10-7-11-15-28/h9,13,16-17,21,26-28,30,33H,4-8,10-12,14-15,18-20,22-24H2,1-3H3,(H,43,47)(H,44,49)/b13-9-/t26-,27-,30-,33+,40-/m1/s1. The third-order valence-electron chi connectivity index (χ3n) is 12.1. The number of aromatic nitrogens is 2. The fourth-order valence-corrected chi connectivity index (χ4v) is 9.51. The molecule has 2 aromatic rings. The molecule has 7 rings (SSSR count). The van der Waals surface area contributed by atoms with Crippen LogP contribution in [0.1, 0.15) is 109 Å². The SMILES string of the molecule is COc1ccc2nc(C)c(O[C@@H]3C[C@H]4C(=O)N[C@]5(C(=O)NS(=O)(=O)C6(C)CC6)C[C@H]5/C=C\CCCCC[C@H](CC(=O)OC5CCCCC5)C(=O)N4C3)nc2c1. The number of nitrogens with zero attached hydrogens (tertiary/aromatic N) is 3. The van der Waals surface area contributed by atoms with E-state index < -0.39 is 62.1 Å². The number of aryl methyl sites for hydroxylation is 1. The Morgan fingerprint density at radius 3 is 2.49 bits per heavy atom. The molecule has 4 fully saturated rings. The molecule has 0 unspecified atom stereocenters. The van der Waals surface area contributed by atoms with Crippen LogP contribution in [0.25, 0.3) is 11.0 Å². The molecule has 1 aromatic carbocycles. The molecule has 5 atom stereocenters. The van der Waals surface area contributed by atoms with Crippen LogP contribution in [0.3, 0.4) is 0 Å². The van der Waals surface area contributed by atoms with Crippen LogP contribution in [-0.4, -0.2) is 89.2 Å². The maximum absolute atomic E-state index is 14.6. The number of sulfonamides is 1. The first-order valence-electron chi connectivity index (χ1n) is 19.9. The summed E-state index contributed by atoms with van der Waals surface area (Å²) in [6.45, 7) is 3.39. The summed E-state index contributed by atoms with van der Waals surface area (Å²) in [6.07, 6.45) is 12.4. The van der Waals surface area contributed by atoms with E-state index in [-0.39, 0.29) is 43.7 Å². The number of allylic oxidation sites excluding steroid dienone is 1. The number of ether oxygens (including phenoxy) is 3. The minimum atomic E-state index is -3.98. The average Bonchev–Trinajstić information content (AvgIpc) is 4.04. The lowest BCUT2D eigenvalue weighted by Crippen LogP contribution is -2.57. The summed E-state index contributed by atoms with van der Waals surface area (Å²) in [4.78, 5) is 67.1. The van der Waals surface area contributed by atoms with Crippen molar-refractivity contribution in [2.24, 2.45) is 11.8 Å². The van der Waals surface area contributed by atoms with Gasteiger partial charge >= 0.3 is 5.97 Å². The average molecular weight is 780 g/mol. The number of hydrogen-bond acceptors (Lipinski definition) is 11. The molecule has 15 heteroatoms. The minimum absolute atomic E-state index is 0.0254. The lowest BCUT2D eigenvalue weighted by molar-refractivity contribution is -0.155. The zero-order valence-corrected chi connectivity index (χ0v) is 32.8. The number of nitrogens with one attached hydrogen (secondary N) is 2. The molecule has 2 N–H and O–H groups in total. The van der Waals surface area contributed by atoms with Crippen molar-refractivity contribution < 1.29 is 41.8 Å². The van der Waals surface area contributed by atoms with Crippen LogP contribution in [0.4, 0.5) is 0 Å². The Hall–Kier alpha value is -4.27. The van der Waals surface area contributed by atoms with E-state index in [2.05, 4.69) is 15.0 Å². The molecule has 0 bridgehead atoms. The van der Waals surface area contributed by atoms with Crippen LogP contribution in [0, 0.1) is 18.8 Å². The maximum Gasteiger partial charge on any atom is 0.306 e. The monoisotopic (exact) mass is 779 g/mol. The van der Waals surface area contributed by atoms with Crippen molar-refractivity contribution in [3.05, 3.63) is 36.0 Å². The smallest absolute Gasteiger partial charge is 0.306 e. The van der Waals surface area contributed by atoms with E-state index in [9.17, 15) is 27.6 Å². The van der Waals surface area contributed by atoms with Gasteiger partial charge in [-0.05, 0) is 90.2 Å². The number of benzene rings is 1. The highest BCUT2D eigenvalue weighted by molar-refractivity contribution is 7.91. The first-order valence-corrected chi connectivity index (χ1v) is 21.3. The summed E-state index contributed by atoms with van der Waals surface area (Å²) < 4.78 is 45.2. The largest absolute Gasteiger partial charge is 0.497 e. The van der Waals surface area contributed by atoms with Crippen molar-refractivity contribution in [1.82, 2.24) is 24.9 Å². The van der Waals surface area contributed by atoms with Crippen molar-refractivity contribution in [1.29, 1.82) is 0 Å². The first-order chi connectivity index (χ1) is 26.3. The second-order valence-electron chi connectivity index (χ2n) is 16.3. The second kappa shape index (κ2) is 15.7. The Balaban J connectivity index is 1.17. The van der Waals surface area contributed by atoms with Crippen molar-refractivity contribution >= 4 is 44.7 Å². The topological polar surface area (TPSA) is 183 Å². The van der Waals surface area contributed by atoms with E-state index in [4.69, 9.17) is 19.2 Å². The van der Waals surface area contributed by atoms with Gasteiger partial charge in [-0.15, -0.1) is 0 Å². The molecule has 55 heavy (non-hydrogen) atoms. The van der Waals surface area contributed by atoms with Gasteiger partial charge < -0.3 is 24.4 Å². The molecule has 3 aliphatic carbocycles. The maximum atomic E-state index is 14.6.